The fourth-order valence-corrected chi connectivity index (χ4v) is 3.97. The molecule has 4 rings (SSSR count). The minimum absolute atomic E-state index is 0.0138. The van der Waals surface area contributed by atoms with Gasteiger partial charge in [0.2, 0.25) is 5.91 Å². The van der Waals surface area contributed by atoms with E-state index in [2.05, 4.69) is 5.32 Å². The first-order valence-corrected chi connectivity index (χ1v) is 10.1. The number of nitrogens with one attached hydrogen (secondary N) is 1. The quantitative estimate of drug-likeness (QED) is 0.845. The number of hydrogen-bond acceptors (Lipinski definition) is 4. The average Bonchev–Trinajstić information content (AvgIpc) is 3.43. The van der Waals surface area contributed by atoms with Crippen molar-refractivity contribution >= 4 is 17.5 Å². The number of furan rings is 1. The van der Waals surface area contributed by atoms with Crippen LogP contribution in [0.25, 0.3) is 0 Å². The maximum absolute atomic E-state index is 12.6. The number of likely N-dealkylation sites (tertiary alicyclic amines) is 1. The maximum atomic E-state index is 12.6. The molecule has 2 aliphatic rings. The lowest BCUT2D eigenvalue weighted by Crippen LogP contribution is -2.41. The summed E-state index contributed by atoms with van der Waals surface area (Å²) in [6, 6.07) is 9.28. The first-order valence-electron chi connectivity index (χ1n) is 10.1. The Balaban J connectivity index is 1.25. The van der Waals surface area contributed by atoms with E-state index in [-0.39, 0.29) is 17.7 Å². The van der Waals surface area contributed by atoms with Crippen molar-refractivity contribution in [1.82, 2.24) is 4.90 Å². The fraction of sp³-hybridized carbons (Fsp3) is 0.455. The first-order chi connectivity index (χ1) is 13.7. The molecule has 2 heterocycles. The van der Waals surface area contributed by atoms with Crippen molar-refractivity contribution in [2.24, 2.45) is 5.92 Å². The second-order valence-electron chi connectivity index (χ2n) is 7.62. The number of amides is 2. The van der Waals surface area contributed by atoms with Crippen LogP contribution < -0.4 is 10.1 Å². The topological polar surface area (TPSA) is 71.8 Å². The second kappa shape index (κ2) is 8.50. The number of carbonyl (C=O) groups is 2. The second-order valence-corrected chi connectivity index (χ2v) is 7.62. The van der Waals surface area contributed by atoms with E-state index in [1.807, 2.05) is 24.3 Å². The highest BCUT2D eigenvalue weighted by atomic mass is 16.5. The van der Waals surface area contributed by atoms with Gasteiger partial charge in [-0.05, 0) is 68.9 Å². The molecule has 0 bridgehead atoms. The molecule has 1 aromatic heterocycles. The molecule has 0 atom stereocenters. The standard InChI is InChI=1S/C22H26N2O4/c25-21(16-9-12-24(13-10-16)22(26)17-11-14-27-15-17)23-18-5-7-20(8-6-18)28-19-3-1-2-4-19/h5-8,11,14-16,19H,1-4,9-10,12-13H2,(H,23,25). The molecule has 1 aromatic carbocycles. The first kappa shape index (κ1) is 18.6. The van der Waals surface area contributed by atoms with E-state index >= 15 is 0 Å². The van der Waals surface area contributed by atoms with Gasteiger partial charge in [0.05, 0.1) is 17.9 Å². The van der Waals surface area contributed by atoms with Crippen molar-refractivity contribution in [3.8, 4) is 5.75 Å². The summed E-state index contributed by atoms with van der Waals surface area (Å²) in [5.74, 6) is 0.754. The minimum Gasteiger partial charge on any atom is -0.490 e. The molecular weight excluding hydrogens is 356 g/mol. The van der Waals surface area contributed by atoms with Gasteiger partial charge in [0, 0.05) is 24.7 Å². The van der Waals surface area contributed by atoms with Gasteiger partial charge in [0.25, 0.3) is 5.91 Å². The van der Waals surface area contributed by atoms with Crippen molar-refractivity contribution in [3.05, 3.63) is 48.4 Å². The summed E-state index contributed by atoms with van der Waals surface area (Å²) in [6.45, 7) is 1.16. The smallest absolute Gasteiger partial charge is 0.257 e. The summed E-state index contributed by atoms with van der Waals surface area (Å²) in [5, 5.41) is 2.99. The third-order valence-corrected chi connectivity index (χ3v) is 5.65. The Morgan fingerprint density at radius 1 is 1.00 bits per heavy atom. The van der Waals surface area contributed by atoms with E-state index in [9.17, 15) is 9.59 Å². The van der Waals surface area contributed by atoms with Crippen LogP contribution in [-0.2, 0) is 4.79 Å². The number of benzene rings is 1. The zero-order valence-corrected chi connectivity index (χ0v) is 15.9. The van der Waals surface area contributed by atoms with Gasteiger partial charge >= 0.3 is 0 Å². The van der Waals surface area contributed by atoms with E-state index in [1.54, 1.807) is 11.0 Å². The number of ether oxygens (including phenoxy) is 1. The summed E-state index contributed by atoms with van der Waals surface area (Å²) >= 11 is 0. The summed E-state index contributed by atoms with van der Waals surface area (Å²) in [5.41, 5.74) is 1.34. The van der Waals surface area contributed by atoms with E-state index in [0.29, 0.717) is 37.6 Å². The number of hydrogen-bond donors (Lipinski definition) is 1. The molecule has 6 heteroatoms. The Kier molecular flexibility index (Phi) is 5.65. The Bertz CT molecular complexity index is 786. The molecule has 0 spiro atoms. The number of anilines is 1. The normalized spacial score (nSPS) is 18.2. The molecule has 1 aliphatic carbocycles. The Labute approximate surface area is 164 Å². The number of carbonyl (C=O) groups excluding carboxylic acids is 2. The van der Waals surface area contributed by atoms with E-state index < -0.39 is 0 Å². The third kappa shape index (κ3) is 4.38. The highest BCUT2D eigenvalue weighted by Crippen LogP contribution is 2.26. The van der Waals surface area contributed by atoms with Gasteiger partial charge in [0.15, 0.2) is 0 Å². The van der Waals surface area contributed by atoms with Crippen molar-refractivity contribution in [3.63, 3.8) is 0 Å². The molecule has 0 unspecified atom stereocenters. The molecule has 2 amide bonds. The van der Waals surface area contributed by atoms with Crippen LogP contribution in [0, 0.1) is 5.92 Å². The third-order valence-electron chi connectivity index (χ3n) is 5.65. The summed E-state index contributed by atoms with van der Waals surface area (Å²) < 4.78 is 10.9. The minimum atomic E-state index is -0.0807. The molecule has 28 heavy (non-hydrogen) atoms. The fourth-order valence-electron chi connectivity index (χ4n) is 3.97. The lowest BCUT2D eigenvalue weighted by atomic mass is 9.95. The lowest BCUT2D eigenvalue weighted by molar-refractivity contribution is -0.121. The Hall–Kier alpha value is -2.76. The predicted octanol–water partition coefficient (Wildman–Crippen LogP) is 4.09. The number of rotatable bonds is 5. The largest absolute Gasteiger partial charge is 0.490 e. The van der Waals surface area contributed by atoms with Crippen LogP contribution >= 0.6 is 0 Å². The Morgan fingerprint density at radius 3 is 2.36 bits per heavy atom. The van der Waals surface area contributed by atoms with Crippen molar-refractivity contribution in [1.29, 1.82) is 0 Å². The zero-order chi connectivity index (χ0) is 19.3. The van der Waals surface area contributed by atoms with Crippen LogP contribution in [0.5, 0.6) is 5.75 Å². The average molecular weight is 382 g/mol. The summed E-state index contributed by atoms with van der Waals surface area (Å²) in [6.07, 6.45) is 9.35. The van der Waals surface area contributed by atoms with Crippen LogP contribution in [0.15, 0.2) is 47.3 Å². The molecule has 148 valence electrons. The zero-order valence-electron chi connectivity index (χ0n) is 15.9. The predicted molar refractivity (Wildman–Crippen MR) is 105 cm³/mol. The molecule has 6 nitrogen and oxygen atoms in total. The highest BCUT2D eigenvalue weighted by molar-refractivity contribution is 5.95. The van der Waals surface area contributed by atoms with Gasteiger partial charge in [-0.15, -0.1) is 0 Å². The van der Waals surface area contributed by atoms with Crippen LogP contribution in [0.4, 0.5) is 5.69 Å². The monoisotopic (exact) mass is 382 g/mol. The van der Waals surface area contributed by atoms with E-state index in [1.165, 1.54) is 25.4 Å². The molecule has 1 saturated carbocycles. The molecule has 1 N–H and O–H groups in total. The van der Waals surface area contributed by atoms with Crippen LogP contribution in [0.1, 0.15) is 48.9 Å². The maximum Gasteiger partial charge on any atom is 0.257 e. The van der Waals surface area contributed by atoms with E-state index in [0.717, 1.165) is 24.3 Å². The lowest BCUT2D eigenvalue weighted by Gasteiger charge is -2.31. The van der Waals surface area contributed by atoms with Crippen molar-refractivity contribution < 1.29 is 18.7 Å². The van der Waals surface area contributed by atoms with Crippen LogP contribution in [0.2, 0.25) is 0 Å². The molecule has 2 fully saturated rings. The summed E-state index contributed by atoms with van der Waals surface area (Å²) in [4.78, 5) is 26.7. The number of piperidine rings is 1. The SMILES string of the molecule is O=C(Nc1ccc(OC2CCCC2)cc1)C1CCN(C(=O)c2ccoc2)CC1. The molecule has 1 aliphatic heterocycles. The molecule has 2 aromatic rings. The van der Waals surface area contributed by atoms with Gasteiger partial charge < -0.3 is 19.4 Å². The van der Waals surface area contributed by atoms with Crippen molar-refractivity contribution in [2.45, 2.75) is 44.6 Å². The number of nitrogens with zero attached hydrogens (tertiary/aromatic N) is 1. The van der Waals surface area contributed by atoms with Crippen LogP contribution in [0.3, 0.4) is 0 Å². The van der Waals surface area contributed by atoms with Gasteiger partial charge in [-0.3, -0.25) is 9.59 Å². The molecule has 1 saturated heterocycles. The molecule has 0 radical (unpaired) electrons. The van der Waals surface area contributed by atoms with Crippen molar-refractivity contribution in [2.75, 3.05) is 18.4 Å². The Morgan fingerprint density at radius 2 is 1.71 bits per heavy atom. The van der Waals surface area contributed by atoms with Crippen LogP contribution in [-0.4, -0.2) is 35.9 Å². The highest BCUT2D eigenvalue weighted by Gasteiger charge is 2.28. The summed E-state index contributed by atoms with van der Waals surface area (Å²) in [7, 11) is 0. The van der Waals surface area contributed by atoms with Gasteiger partial charge in [0.1, 0.15) is 12.0 Å². The van der Waals surface area contributed by atoms with Gasteiger partial charge in [-0.2, -0.15) is 0 Å². The van der Waals surface area contributed by atoms with Gasteiger partial charge in [-0.1, -0.05) is 0 Å². The van der Waals surface area contributed by atoms with E-state index in [4.69, 9.17) is 9.15 Å². The molecular formula is C22H26N2O4. The van der Waals surface area contributed by atoms with Gasteiger partial charge in [-0.25, -0.2) is 0 Å².